The van der Waals surface area contributed by atoms with E-state index in [0.717, 1.165) is 28.1 Å². The van der Waals surface area contributed by atoms with Crippen LogP contribution in [-0.4, -0.2) is 5.91 Å². The van der Waals surface area contributed by atoms with Crippen LogP contribution in [0, 0.1) is 20.8 Å². The normalized spacial score (nSPS) is 10.3. The molecule has 2 rings (SSSR count). The van der Waals surface area contributed by atoms with E-state index in [4.69, 9.17) is 5.73 Å². The largest absolute Gasteiger partial charge is 0.399 e. The van der Waals surface area contributed by atoms with Gasteiger partial charge in [0.25, 0.3) is 0 Å². The van der Waals surface area contributed by atoms with Crippen LogP contribution >= 0.6 is 0 Å². The second kappa shape index (κ2) is 5.78. The van der Waals surface area contributed by atoms with E-state index in [-0.39, 0.29) is 5.91 Å². The lowest BCUT2D eigenvalue weighted by molar-refractivity contribution is -0.115. The highest BCUT2D eigenvalue weighted by molar-refractivity contribution is 5.94. The highest BCUT2D eigenvalue weighted by atomic mass is 16.1. The quantitative estimate of drug-likeness (QED) is 0.838. The highest BCUT2D eigenvalue weighted by Crippen LogP contribution is 2.23. The Morgan fingerprint density at radius 3 is 2.15 bits per heavy atom. The summed E-state index contributed by atoms with van der Waals surface area (Å²) in [5, 5.41) is 2.97. The number of anilines is 2. The fraction of sp³-hybridized carbons (Fsp3) is 0.235. The zero-order valence-electron chi connectivity index (χ0n) is 12.2. The van der Waals surface area contributed by atoms with E-state index >= 15 is 0 Å². The van der Waals surface area contributed by atoms with Crippen molar-refractivity contribution in [1.29, 1.82) is 0 Å². The van der Waals surface area contributed by atoms with Crippen LogP contribution in [0.5, 0.6) is 0 Å². The average Bonchev–Trinajstić information content (AvgIpc) is 2.36. The Labute approximate surface area is 119 Å². The standard InChI is InChI=1S/C17H20N2O/c1-11-4-6-14(7-5-11)10-16(20)19-17-12(2)8-15(18)9-13(17)3/h4-9H,10,18H2,1-3H3,(H,19,20). The number of hydrogen-bond donors (Lipinski definition) is 2. The SMILES string of the molecule is Cc1ccc(CC(=O)Nc2c(C)cc(N)cc2C)cc1. The van der Waals surface area contributed by atoms with Crippen molar-refractivity contribution >= 4 is 17.3 Å². The lowest BCUT2D eigenvalue weighted by Crippen LogP contribution is -2.16. The van der Waals surface area contributed by atoms with Crippen LogP contribution in [0.25, 0.3) is 0 Å². The third kappa shape index (κ3) is 3.38. The number of carbonyl (C=O) groups is 1. The predicted molar refractivity (Wildman–Crippen MR) is 83.8 cm³/mol. The first-order chi connectivity index (χ1) is 9.45. The number of nitrogen functional groups attached to an aromatic ring is 1. The minimum absolute atomic E-state index is 0.00942. The molecule has 2 aromatic rings. The van der Waals surface area contributed by atoms with Gasteiger partial charge >= 0.3 is 0 Å². The Hall–Kier alpha value is -2.29. The fourth-order valence-corrected chi connectivity index (χ4v) is 2.27. The summed E-state index contributed by atoms with van der Waals surface area (Å²) in [6.07, 6.45) is 0.379. The molecule has 0 unspecified atom stereocenters. The van der Waals surface area contributed by atoms with Crippen LogP contribution in [-0.2, 0) is 11.2 Å². The summed E-state index contributed by atoms with van der Waals surface area (Å²) in [6.45, 7) is 5.93. The molecule has 0 aliphatic rings. The van der Waals surface area contributed by atoms with E-state index in [0.29, 0.717) is 6.42 Å². The maximum atomic E-state index is 12.1. The van der Waals surface area contributed by atoms with Crippen molar-refractivity contribution in [2.75, 3.05) is 11.1 Å². The third-order valence-corrected chi connectivity index (χ3v) is 3.30. The number of carbonyl (C=O) groups excluding carboxylic acids is 1. The van der Waals surface area contributed by atoms with Gasteiger partial charge in [-0.3, -0.25) is 4.79 Å². The van der Waals surface area contributed by atoms with E-state index in [1.807, 2.05) is 57.2 Å². The van der Waals surface area contributed by atoms with Crippen LogP contribution in [0.4, 0.5) is 11.4 Å². The molecule has 1 amide bonds. The van der Waals surface area contributed by atoms with Gasteiger partial charge in [-0.05, 0) is 49.6 Å². The van der Waals surface area contributed by atoms with E-state index < -0.39 is 0 Å². The Morgan fingerprint density at radius 1 is 1.05 bits per heavy atom. The monoisotopic (exact) mass is 268 g/mol. The van der Waals surface area contributed by atoms with Gasteiger partial charge in [0.05, 0.1) is 6.42 Å². The minimum Gasteiger partial charge on any atom is -0.399 e. The Balaban J connectivity index is 2.10. The van der Waals surface area contributed by atoms with E-state index in [2.05, 4.69) is 5.32 Å². The fourth-order valence-electron chi connectivity index (χ4n) is 2.27. The second-order valence-corrected chi connectivity index (χ2v) is 5.24. The van der Waals surface area contributed by atoms with Crippen molar-refractivity contribution in [2.24, 2.45) is 0 Å². The Bertz CT molecular complexity index is 607. The van der Waals surface area contributed by atoms with Gasteiger partial charge in [-0.25, -0.2) is 0 Å². The maximum Gasteiger partial charge on any atom is 0.228 e. The van der Waals surface area contributed by atoms with Gasteiger partial charge < -0.3 is 11.1 Å². The first-order valence-electron chi connectivity index (χ1n) is 6.68. The number of nitrogens with one attached hydrogen (secondary N) is 1. The molecule has 2 aromatic carbocycles. The Morgan fingerprint density at radius 2 is 1.60 bits per heavy atom. The number of benzene rings is 2. The van der Waals surface area contributed by atoms with Crippen LogP contribution in [0.15, 0.2) is 36.4 Å². The molecular formula is C17H20N2O. The average molecular weight is 268 g/mol. The number of nitrogens with two attached hydrogens (primary N) is 1. The number of hydrogen-bond acceptors (Lipinski definition) is 2. The van der Waals surface area contributed by atoms with Crippen LogP contribution in [0.2, 0.25) is 0 Å². The summed E-state index contributed by atoms with van der Waals surface area (Å²) in [5.41, 5.74) is 11.5. The van der Waals surface area contributed by atoms with Gasteiger partial charge in [-0.15, -0.1) is 0 Å². The van der Waals surface area contributed by atoms with Gasteiger partial charge in [0.15, 0.2) is 0 Å². The molecule has 0 bridgehead atoms. The van der Waals surface area contributed by atoms with Crippen molar-refractivity contribution in [3.8, 4) is 0 Å². The second-order valence-electron chi connectivity index (χ2n) is 5.24. The van der Waals surface area contributed by atoms with Crippen molar-refractivity contribution in [2.45, 2.75) is 27.2 Å². The van der Waals surface area contributed by atoms with Crippen LogP contribution in [0.3, 0.4) is 0 Å². The van der Waals surface area contributed by atoms with Crippen LogP contribution in [0.1, 0.15) is 22.3 Å². The zero-order valence-corrected chi connectivity index (χ0v) is 12.2. The van der Waals surface area contributed by atoms with Gasteiger partial charge in [0, 0.05) is 11.4 Å². The summed E-state index contributed by atoms with van der Waals surface area (Å²) in [5.74, 6) is -0.00942. The first-order valence-corrected chi connectivity index (χ1v) is 6.68. The van der Waals surface area contributed by atoms with Crippen molar-refractivity contribution in [3.05, 3.63) is 58.7 Å². The molecule has 0 saturated carbocycles. The first kappa shape index (κ1) is 14.1. The lowest BCUT2D eigenvalue weighted by atomic mass is 10.1. The molecule has 0 fully saturated rings. The number of rotatable bonds is 3. The van der Waals surface area contributed by atoms with Crippen molar-refractivity contribution in [1.82, 2.24) is 0 Å². The van der Waals surface area contributed by atoms with E-state index in [1.54, 1.807) is 0 Å². The summed E-state index contributed by atoms with van der Waals surface area (Å²) >= 11 is 0. The molecule has 0 heterocycles. The van der Waals surface area contributed by atoms with Crippen molar-refractivity contribution in [3.63, 3.8) is 0 Å². The molecular weight excluding hydrogens is 248 g/mol. The molecule has 3 nitrogen and oxygen atoms in total. The van der Waals surface area contributed by atoms with E-state index in [9.17, 15) is 4.79 Å². The molecule has 3 N–H and O–H groups in total. The molecule has 0 spiro atoms. The number of amides is 1. The minimum atomic E-state index is -0.00942. The Kier molecular flexibility index (Phi) is 4.08. The van der Waals surface area contributed by atoms with E-state index in [1.165, 1.54) is 5.56 Å². The molecule has 0 radical (unpaired) electrons. The highest BCUT2D eigenvalue weighted by Gasteiger charge is 2.09. The molecule has 0 aliphatic carbocycles. The molecule has 0 aliphatic heterocycles. The van der Waals surface area contributed by atoms with Gasteiger partial charge in [-0.1, -0.05) is 29.8 Å². The molecule has 104 valence electrons. The lowest BCUT2D eigenvalue weighted by Gasteiger charge is -2.12. The number of aryl methyl sites for hydroxylation is 3. The van der Waals surface area contributed by atoms with Gasteiger partial charge in [-0.2, -0.15) is 0 Å². The summed E-state index contributed by atoms with van der Waals surface area (Å²) in [6, 6.07) is 11.7. The maximum absolute atomic E-state index is 12.1. The smallest absolute Gasteiger partial charge is 0.228 e. The third-order valence-electron chi connectivity index (χ3n) is 3.30. The summed E-state index contributed by atoms with van der Waals surface area (Å²) in [4.78, 5) is 12.1. The molecule has 3 heteroatoms. The molecule has 0 saturated heterocycles. The van der Waals surface area contributed by atoms with Crippen molar-refractivity contribution < 1.29 is 4.79 Å². The molecule has 20 heavy (non-hydrogen) atoms. The van der Waals surface area contributed by atoms with Gasteiger partial charge in [0.2, 0.25) is 5.91 Å². The van der Waals surface area contributed by atoms with Crippen LogP contribution < -0.4 is 11.1 Å². The van der Waals surface area contributed by atoms with Gasteiger partial charge in [0.1, 0.15) is 0 Å². The summed E-state index contributed by atoms with van der Waals surface area (Å²) < 4.78 is 0. The molecule has 0 aromatic heterocycles. The zero-order chi connectivity index (χ0) is 14.7. The molecule has 0 atom stereocenters. The summed E-state index contributed by atoms with van der Waals surface area (Å²) in [7, 11) is 0. The predicted octanol–water partition coefficient (Wildman–Crippen LogP) is 3.38. The topological polar surface area (TPSA) is 55.1 Å².